The van der Waals surface area contributed by atoms with Crippen LogP contribution < -0.4 is 0 Å². The zero-order chi connectivity index (χ0) is 14.4. The molecular weight excluding hydrogens is 256 g/mol. The van der Waals surface area contributed by atoms with Crippen LogP contribution in [0.5, 0.6) is 0 Å². The Bertz CT molecular complexity index is 419. The molecule has 2 rings (SSSR count). The van der Waals surface area contributed by atoms with E-state index >= 15 is 0 Å². The Morgan fingerprint density at radius 2 is 1.80 bits per heavy atom. The smallest absolute Gasteiger partial charge is 0.331 e. The average molecular weight is 278 g/mol. The molecule has 0 aromatic carbocycles. The summed E-state index contributed by atoms with van der Waals surface area (Å²) in [5, 5.41) is 9.14. The van der Waals surface area contributed by atoms with E-state index in [1.54, 1.807) is 13.0 Å². The van der Waals surface area contributed by atoms with Crippen molar-refractivity contribution >= 4 is 5.97 Å². The van der Waals surface area contributed by atoms with Crippen LogP contribution in [0.25, 0.3) is 0 Å². The molecule has 0 heterocycles. The van der Waals surface area contributed by atoms with Gasteiger partial charge in [0.2, 0.25) is 6.29 Å². The van der Waals surface area contributed by atoms with Crippen LogP contribution in [0, 0.1) is 0 Å². The highest BCUT2D eigenvalue weighted by atomic mass is 16.7. The third-order valence-corrected chi connectivity index (χ3v) is 3.57. The van der Waals surface area contributed by atoms with Gasteiger partial charge in [-0.1, -0.05) is 6.08 Å². The Balaban J connectivity index is 2.00. The largest absolute Gasteiger partial charge is 0.478 e. The second-order valence-electron chi connectivity index (χ2n) is 5.11. The lowest BCUT2D eigenvalue weighted by Crippen LogP contribution is -2.19. The molecule has 0 bridgehead atoms. The molecular formula is C16H22O4. The standard InChI is InChI=1S/C16H22O4/c1-2-12(16(17)18)11-15(19-13-7-3-4-8-13)20-14-9-5-6-10-14/h2,7,9,15H,3-6,8,10-11H2,1H3,(H,17,18). The molecule has 0 amide bonds. The zero-order valence-electron chi connectivity index (χ0n) is 11.9. The highest BCUT2D eigenvalue weighted by Crippen LogP contribution is 2.27. The van der Waals surface area contributed by atoms with E-state index in [2.05, 4.69) is 12.2 Å². The maximum atomic E-state index is 11.1. The van der Waals surface area contributed by atoms with E-state index in [1.807, 2.05) is 0 Å². The highest BCUT2D eigenvalue weighted by Gasteiger charge is 2.22. The topological polar surface area (TPSA) is 55.8 Å². The van der Waals surface area contributed by atoms with E-state index in [0.29, 0.717) is 5.57 Å². The number of carbonyl (C=O) groups is 1. The monoisotopic (exact) mass is 278 g/mol. The number of rotatable bonds is 7. The molecule has 0 unspecified atom stereocenters. The molecule has 1 N–H and O–H groups in total. The highest BCUT2D eigenvalue weighted by molar-refractivity contribution is 5.86. The summed E-state index contributed by atoms with van der Waals surface area (Å²) >= 11 is 0. The van der Waals surface area contributed by atoms with Gasteiger partial charge in [0.05, 0.1) is 17.9 Å². The summed E-state index contributed by atoms with van der Waals surface area (Å²) in [6, 6.07) is 0. The molecule has 0 saturated carbocycles. The molecule has 0 spiro atoms. The van der Waals surface area contributed by atoms with Gasteiger partial charge in [-0.15, -0.1) is 0 Å². The van der Waals surface area contributed by atoms with Crippen molar-refractivity contribution in [3.8, 4) is 0 Å². The molecule has 4 heteroatoms. The van der Waals surface area contributed by atoms with Gasteiger partial charge in [0.15, 0.2) is 0 Å². The Hall–Kier alpha value is -1.71. The second kappa shape index (κ2) is 7.17. The SMILES string of the molecule is CC=C(CC(OC1=CCCC1)OC1=CCCC1)C(=O)O. The van der Waals surface area contributed by atoms with E-state index in [9.17, 15) is 4.79 Å². The maximum Gasteiger partial charge on any atom is 0.331 e. The number of carboxylic acids is 1. The summed E-state index contributed by atoms with van der Waals surface area (Å²) in [6.45, 7) is 1.73. The predicted octanol–water partition coefficient (Wildman–Crippen LogP) is 3.90. The molecule has 0 fully saturated rings. The summed E-state index contributed by atoms with van der Waals surface area (Å²) in [6.07, 6.45) is 11.5. The molecule has 0 aromatic heterocycles. The van der Waals surface area contributed by atoms with Crippen molar-refractivity contribution in [3.63, 3.8) is 0 Å². The fourth-order valence-corrected chi connectivity index (χ4v) is 2.45. The van der Waals surface area contributed by atoms with Crippen molar-refractivity contribution in [1.82, 2.24) is 0 Å². The Labute approximate surface area is 119 Å². The summed E-state index contributed by atoms with van der Waals surface area (Å²) < 4.78 is 11.7. The van der Waals surface area contributed by atoms with E-state index in [4.69, 9.17) is 14.6 Å². The van der Waals surface area contributed by atoms with E-state index in [1.165, 1.54) is 0 Å². The minimum Gasteiger partial charge on any atom is -0.478 e. The Kier molecular flexibility index (Phi) is 5.27. The average Bonchev–Trinajstić information content (AvgIpc) is 3.08. The van der Waals surface area contributed by atoms with Gasteiger partial charge in [0.1, 0.15) is 0 Å². The molecule has 0 aliphatic heterocycles. The second-order valence-corrected chi connectivity index (χ2v) is 5.11. The summed E-state index contributed by atoms with van der Waals surface area (Å²) in [5.41, 5.74) is 0.326. The van der Waals surface area contributed by atoms with Gasteiger partial charge in [-0.3, -0.25) is 0 Å². The molecule has 20 heavy (non-hydrogen) atoms. The van der Waals surface area contributed by atoms with Crippen LogP contribution in [0.1, 0.15) is 51.9 Å². The number of hydrogen-bond acceptors (Lipinski definition) is 3. The van der Waals surface area contributed by atoms with Crippen molar-refractivity contribution in [2.75, 3.05) is 0 Å². The quantitative estimate of drug-likeness (QED) is 0.567. The van der Waals surface area contributed by atoms with Crippen LogP contribution in [0.15, 0.2) is 35.3 Å². The van der Waals surface area contributed by atoms with Crippen LogP contribution in [-0.2, 0) is 14.3 Å². The zero-order valence-corrected chi connectivity index (χ0v) is 11.9. The first-order valence-electron chi connectivity index (χ1n) is 7.29. The third-order valence-electron chi connectivity index (χ3n) is 3.57. The molecule has 0 radical (unpaired) electrons. The number of carboxylic acid groups (broad SMARTS) is 1. The third kappa shape index (κ3) is 4.15. The van der Waals surface area contributed by atoms with Crippen molar-refractivity contribution in [2.24, 2.45) is 0 Å². The first kappa shape index (κ1) is 14.7. The van der Waals surface area contributed by atoms with Gasteiger partial charge in [0.25, 0.3) is 0 Å². The van der Waals surface area contributed by atoms with Gasteiger partial charge in [-0.05, 0) is 44.8 Å². The van der Waals surface area contributed by atoms with Gasteiger partial charge >= 0.3 is 5.97 Å². The molecule has 0 atom stereocenters. The van der Waals surface area contributed by atoms with Crippen LogP contribution in [0.4, 0.5) is 0 Å². The summed E-state index contributed by atoms with van der Waals surface area (Å²) in [7, 11) is 0. The van der Waals surface area contributed by atoms with Crippen molar-refractivity contribution in [1.29, 1.82) is 0 Å². The number of hydrogen-bond donors (Lipinski definition) is 1. The number of aliphatic carboxylic acids is 1. The minimum absolute atomic E-state index is 0.264. The van der Waals surface area contributed by atoms with Crippen LogP contribution >= 0.6 is 0 Å². The van der Waals surface area contributed by atoms with Gasteiger partial charge in [-0.2, -0.15) is 0 Å². The van der Waals surface area contributed by atoms with Crippen LogP contribution in [-0.4, -0.2) is 17.4 Å². The van der Waals surface area contributed by atoms with Crippen molar-refractivity contribution < 1.29 is 19.4 Å². The van der Waals surface area contributed by atoms with Crippen molar-refractivity contribution in [2.45, 2.75) is 58.2 Å². The molecule has 2 aliphatic rings. The fourth-order valence-electron chi connectivity index (χ4n) is 2.45. The van der Waals surface area contributed by atoms with E-state index < -0.39 is 12.3 Å². The molecule has 0 saturated heterocycles. The lowest BCUT2D eigenvalue weighted by Gasteiger charge is -2.22. The van der Waals surface area contributed by atoms with Gasteiger partial charge < -0.3 is 14.6 Å². The minimum atomic E-state index is -0.912. The number of allylic oxidation sites excluding steroid dienone is 5. The maximum absolute atomic E-state index is 11.1. The summed E-state index contributed by atoms with van der Waals surface area (Å²) in [4.78, 5) is 11.1. The first-order valence-corrected chi connectivity index (χ1v) is 7.29. The van der Waals surface area contributed by atoms with E-state index in [0.717, 1.165) is 50.0 Å². The molecule has 0 aromatic rings. The normalized spacial score (nSPS) is 19.0. The van der Waals surface area contributed by atoms with E-state index in [-0.39, 0.29) is 6.42 Å². The fraction of sp³-hybridized carbons (Fsp3) is 0.562. The lowest BCUT2D eigenvalue weighted by atomic mass is 10.2. The lowest BCUT2D eigenvalue weighted by molar-refractivity contribution is -0.135. The molecule has 110 valence electrons. The Morgan fingerprint density at radius 1 is 1.25 bits per heavy atom. The molecule has 2 aliphatic carbocycles. The van der Waals surface area contributed by atoms with Gasteiger partial charge in [-0.25, -0.2) is 4.79 Å². The first-order chi connectivity index (χ1) is 9.69. The molecule has 4 nitrogen and oxygen atoms in total. The predicted molar refractivity (Wildman–Crippen MR) is 75.8 cm³/mol. The Morgan fingerprint density at radius 3 is 2.15 bits per heavy atom. The van der Waals surface area contributed by atoms with Crippen molar-refractivity contribution in [3.05, 3.63) is 35.3 Å². The summed E-state index contributed by atoms with van der Waals surface area (Å²) in [5.74, 6) is 0.939. The van der Waals surface area contributed by atoms with Gasteiger partial charge in [0, 0.05) is 18.4 Å². The van der Waals surface area contributed by atoms with Crippen LogP contribution in [0.3, 0.4) is 0 Å². The number of ether oxygens (including phenoxy) is 2. The van der Waals surface area contributed by atoms with Crippen LogP contribution in [0.2, 0.25) is 0 Å².